The third kappa shape index (κ3) is 3.08. The van der Waals surface area contributed by atoms with Crippen molar-refractivity contribution in [3.8, 4) is 23.8 Å². The van der Waals surface area contributed by atoms with E-state index >= 15 is 0 Å². The highest BCUT2D eigenvalue weighted by Crippen LogP contribution is 2.38. The van der Waals surface area contributed by atoms with Crippen LogP contribution in [0.25, 0.3) is 0 Å². The lowest BCUT2D eigenvalue weighted by atomic mass is 9.92. The Morgan fingerprint density at radius 3 is 2.41 bits per heavy atom. The average Bonchev–Trinajstić information content (AvgIpc) is 2.35. The number of ether oxygens (including phenoxy) is 2. The first-order chi connectivity index (χ1) is 8.17. The van der Waals surface area contributed by atoms with Crippen LogP contribution in [0.3, 0.4) is 0 Å². The van der Waals surface area contributed by atoms with E-state index in [4.69, 9.17) is 27.5 Å². The lowest BCUT2D eigenvalue weighted by molar-refractivity contribution is 0.394. The molecule has 1 aromatic carbocycles. The molecule has 0 fully saturated rings. The van der Waals surface area contributed by atoms with Gasteiger partial charge in [0.15, 0.2) is 0 Å². The molecule has 0 spiro atoms. The fraction of sp³-hybridized carbons (Fsp3) is 0.429. The Hall–Kier alpha value is -1.33. The molecule has 0 bridgehead atoms. The molecule has 0 aliphatic rings. The summed E-state index contributed by atoms with van der Waals surface area (Å²) in [4.78, 5) is 0. The molecule has 1 rings (SSSR count). The third-order valence-corrected chi connectivity index (χ3v) is 3.10. The zero-order chi connectivity index (χ0) is 12.8. The van der Waals surface area contributed by atoms with E-state index in [9.17, 15) is 0 Å². The van der Waals surface area contributed by atoms with Crippen molar-refractivity contribution < 1.29 is 9.47 Å². The Morgan fingerprint density at radius 2 is 1.94 bits per heavy atom. The van der Waals surface area contributed by atoms with E-state index < -0.39 is 0 Å². The maximum absolute atomic E-state index is 6.06. The lowest BCUT2D eigenvalue weighted by Gasteiger charge is -2.18. The first-order valence-electron chi connectivity index (χ1n) is 5.52. The van der Waals surface area contributed by atoms with Crippen molar-refractivity contribution in [1.82, 2.24) is 0 Å². The van der Waals surface area contributed by atoms with Gasteiger partial charge >= 0.3 is 0 Å². The van der Waals surface area contributed by atoms with Crippen molar-refractivity contribution in [2.24, 2.45) is 0 Å². The normalized spacial score (nSPS) is 11.7. The van der Waals surface area contributed by atoms with Gasteiger partial charge in [-0.1, -0.05) is 18.5 Å². The second-order valence-electron chi connectivity index (χ2n) is 3.74. The maximum Gasteiger partial charge on any atom is 0.138 e. The average molecular weight is 253 g/mol. The van der Waals surface area contributed by atoms with Crippen LogP contribution in [0.1, 0.15) is 31.2 Å². The summed E-state index contributed by atoms with van der Waals surface area (Å²) < 4.78 is 10.6. The van der Waals surface area contributed by atoms with E-state index in [-0.39, 0.29) is 5.92 Å². The Morgan fingerprint density at radius 1 is 1.29 bits per heavy atom. The molecular weight excluding hydrogens is 236 g/mol. The summed E-state index contributed by atoms with van der Waals surface area (Å²) >= 11 is 6.06. The van der Waals surface area contributed by atoms with Crippen molar-refractivity contribution >= 4 is 11.6 Å². The van der Waals surface area contributed by atoms with E-state index in [1.54, 1.807) is 20.3 Å². The standard InChI is InChI=1S/C14H17ClO2/c1-5-7-10(6-2)11-8-14(17-4)12(15)9-13(11)16-3/h1,8-10H,6-7H2,2-4H3. The molecule has 17 heavy (non-hydrogen) atoms. The number of hydrogen-bond donors (Lipinski definition) is 0. The van der Waals surface area contributed by atoms with Crippen LogP contribution in [-0.2, 0) is 0 Å². The fourth-order valence-corrected chi connectivity index (χ4v) is 2.05. The number of benzene rings is 1. The zero-order valence-electron chi connectivity index (χ0n) is 10.4. The molecule has 0 aliphatic heterocycles. The Kier molecular flexibility index (Phi) is 5.18. The molecule has 1 unspecified atom stereocenters. The van der Waals surface area contributed by atoms with Crippen LogP contribution in [0.2, 0.25) is 5.02 Å². The molecule has 0 amide bonds. The van der Waals surface area contributed by atoms with Gasteiger partial charge in [0.1, 0.15) is 11.5 Å². The van der Waals surface area contributed by atoms with E-state index in [2.05, 4.69) is 12.8 Å². The summed E-state index contributed by atoms with van der Waals surface area (Å²) in [6.07, 6.45) is 7.01. The molecule has 1 atom stereocenters. The predicted molar refractivity (Wildman–Crippen MR) is 71.0 cm³/mol. The van der Waals surface area contributed by atoms with Gasteiger partial charge in [0.2, 0.25) is 0 Å². The van der Waals surface area contributed by atoms with Crippen LogP contribution in [0.15, 0.2) is 12.1 Å². The van der Waals surface area contributed by atoms with Gasteiger partial charge in [0.25, 0.3) is 0 Å². The molecule has 0 saturated heterocycles. The van der Waals surface area contributed by atoms with Crippen molar-refractivity contribution in [2.75, 3.05) is 14.2 Å². The molecule has 0 saturated carbocycles. The quantitative estimate of drug-likeness (QED) is 0.741. The fourth-order valence-electron chi connectivity index (χ4n) is 1.82. The monoisotopic (exact) mass is 252 g/mol. The first-order valence-corrected chi connectivity index (χ1v) is 5.90. The molecule has 0 heterocycles. The second-order valence-corrected chi connectivity index (χ2v) is 4.15. The number of rotatable bonds is 5. The maximum atomic E-state index is 6.06. The van der Waals surface area contributed by atoms with Crippen molar-refractivity contribution in [2.45, 2.75) is 25.7 Å². The summed E-state index contributed by atoms with van der Waals surface area (Å²) in [7, 11) is 3.23. The zero-order valence-corrected chi connectivity index (χ0v) is 11.2. The van der Waals surface area contributed by atoms with Crippen molar-refractivity contribution in [1.29, 1.82) is 0 Å². The largest absolute Gasteiger partial charge is 0.496 e. The van der Waals surface area contributed by atoms with Gasteiger partial charge in [-0.25, -0.2) is 0 Å². The van der Waals surface area contributed by atoms with Crippen LogP contribution in [0, 0.1) is 12.3 Å². The number of terminal acetylenes is 1. The molecule has 0 N–H and O–H groups in total. The lowest BCUT2D eigenvalue weighted by Crippen LogP contribution is -2.01. The van der Waals surface area contributed by atoms with Crippen molar-refractivity contribution in [3.63, 3.8) is 0 Å². The molecular formula is C14H17ClO2. The van der Waals surface area contributed by atoms with E-state index in [0.29, 0.717) is 17.2 Å². The van der Waals surface area contributed by atoms with Gasteiger partial charge in [-0.15, -0.1) is 12.3 Å². The van der Waals surface area contributed by atoms with Gasteiger partial charge in [-0.2, -0.15) is 0 Å². The number of halogens is 1. The highest BCUT2D eigenvalue weighted by Gasteiger charge is 2.17. The Bertz CT molecular complexity index is 421. The molecule has 1 aromatic rings. The summed E-state index contributed by atoms with van der Waals surface area (Å²) in [5, 5.41) is 0.545. The third-order valence-electron chi connectivity index (χ3n) is 2.80. The van der Waals surface area contributed by atoms with Crippen LogP contribution in [-0.4, -0.2) is 14.2 Å². The van der Waals surface area contributed by atoms with Crippen LogP contribution < -0.4 is 9.47 Å². The highest BCUT2D eigenvalue weighted by atomic mass is 35.5. The molecule has 0 aromatic heterocycles. The summed E-state index contributed by atoms with van der Waals surface area (Å²) in [5.41, 5.74) is 1.05. The van der Waals surface area contributed by atoms with Gasteiger partial charge in [0, 0.05) is 18.1 Å². The highest BCUT2D eigenvalue weighted by molar-refractivity contribution is 6.32. The minimum absolute atomic E-state index is 0.265. The molecule has 0 radical (unpaired) electrons. The second kappa shape index (κ2) is 6.42. The van der Waals surface area contributed by atoms with Gasteiger partial charge < -0.3 is 9.47 Å². The van der Waals surface area contributed by atoms with Crippen LogP contribution in [0.4, 0.5) is 0 Å². The van der Waals surface area contributed by atoms with E-state index in [1.165, 1.54) is 0 Å². The van der Waals surface area contributed by atoms with Gasteiger partial charge in [-0.05, 0) is 18.4 Å². The summed E-state index contributed by atoms with van der Waals surface area (Å²) in [5.74, 6) is 4.37. The Balaban J connectivity index is 3.24. The molecule has 2 nitrogen and oxygen atoms in total. The number of hydrogen-bond acceptors (Lipinski definition) is 2. The smallest absolute Gasteiger partial charge is 0.138 e. The molecule has 92 valence electrons. The Labute approximate surface area is 108 Å². The summed E-state index contributed by atoms with van der Waals surface area (Å²) in [6, 6.07) is 3.68. The topological polar surface area (TPSA) is 18.5 Å². The first kappa shape index (κ1) is 13.7. The van der Waals surface area contributed by atoms with E-state index in [1.807, 2.05) is 6.07 Å². The minimum Gasteiger partial charge on any atom is -0.496 e. The van der Waals surface area contributed by atoms with Gasteiger partial charge in [0.05, 0.1) is 19.2 Å². The van der Waals surface area contributed by atoms with E-state index in [0.717, 1.165) is 17.7 Å². The van der Waals surface area contributed by atoms with Crippen molar-refractivity contribution in [3.05, 3.63) is 22.7 Å². The minimum atomic E-state index is 0.265. The predicted octanol–water partition coefficient (Wildman–Crippen LogP) is 3.87. The van der Waals surface area contributed by atoms with Crippen LogP contribution in [0.5, 0.6) is 11.5 Å². The number of methoxy groups -OCH3 is 2. The SMILES string of the molecule is C#CCC(CC)c1cc(OC)c(Cl)cc1OC. The molecule has 3 heteroatoms. The summed E-state index contributed by atoms with van der Waals surface area (Å²) in [6.45, 7) is 2.10. The molecule has 0 aliphatic carbocycles. The van der Waals surface area contributed by atoms with Crippen LogP contribution >= 0.6 is 11.6 Å². The van der Waals surface area contributed by atoms with Gasteiger partial charge in [-0.3, -0.25) is 0 Å².